The van der Waals surface area contributed by atoms with Crippen molar-refractivity contribution in [1.82, 2.24) is 19.5 Å². The van der Waals surface area contributed by atoms with Gasteiger partial charge in [-0.15, -0.1) is 5.10 Å². The SMILES string of the molecule is CCC1CCCCN1C(c1ccco1)c1sc2nc(C)nn2c1O. The molecule has 0 bridgehead atoms. The average Bonchev–Trinajstić information content (AvgIpc) is 3.29. The highest BCUT2D eigenvalue weighted by Gasteiger charge is 2.35. The average molecular weight is 346 g/mol. The van der Waals surface area contributed by atoms with Crippen LogP contribution in [-0.4, -0.2) is 37.2 Å². The molecule has 4 rings (SSSR count). The van der Waals surface area contributed by atoms with Gasteiger partial charge in [0, 0.05) is 6.04 Å². The van der Waals surface area contributed by atoms with Gasteiger partial charge >= 0.3 is 0 Å². The molecule has 0 spiro atoms. The molecule has 0 amide bonds. The second-order valence-electron chi connectivity index (χ2n) is 6.36. The van der Waals surface area contributed by atoms with Gasteiger partial charge in [-0.1, -0.05) is 24.7 Å². The largest absolute Gasteiger partial charge is 0.492 e. The normalized spacial score (nSPS) is 20.7. The summed E-state index contributed by atoms with van der Waals surface area (Å²) in [5.41, 5.74) is 0. The van der Waals surface area contributed by atoms with Crippen molar-refractivity contribution in [3.63, 3.8) is 0 Å². The number of aryl methyl sites for hydroxylation is 1. The highest BCUT2D eigenvalue weighted by molar-refractivity contribution is 7.17. The van der Waals surface area contributed by atoms with Crippen LogP contribution in [-0.2, 0) is 0 Å². The maximum absolute atomic E-state index is 10.8. The first-order valence-corrected chi connectivity index (χ1v) is 9.35. The summed E-state index contributed by atoms with van der Waals surface area (Å²) >= 11 is 1.49. The van der Waals surface area contributed by atoms with Gasteiger partial charge in [0.2, 0.25) is 10.8 Å². The van der Waals surface area contributed by atoms with E-state index >= 15 is 0 Å². The Kier molecular flexibility index (Phi) is 4.05. The minimum atomic E-state index is -0.0842. The van der Waals surface area contributed by atoms with Crippen LogP contribution in [0.1, 0.15) is 55.1 Å². The van der Waals surface area contributed by atoms with Gasteiger partial charge in [-0.2, -0.15) is 4.52 Å². The number of rotatable bonds is 4. The topological polar surface area (TPSA) is 66.8 Å². The highest BCUT2D eigenvalue weighted by Crippen LogP contribution is 2.42. The van der Waals surface area contributed by atoms with Crippen LogP contribution in [0.4, 0.5) is 0 Å². The zero-order chi connectivity index (χ0) is 16.7. The molecule has 1 fully saturated rings. The van der Waals surface area contributed by atoms with Crippen molar-refractivity contribution in [1.29, 1.82) is 0 Å². The van der Waals surface area contributed by atoms with Crippen LogP contribution in [0.25, 0.3) is 4.96 Å². The van der Waals surface area contributed by atoms with Crippen molar-refractivity contribution in [3.8, 4) is 5.88 Å². The minimum absolute atomic E-state index is 0.0842. The smallest absolute Gasteiger partial charge is 0.230 e. The predicted molar refractivity (Wildman–Crippen MR) is 92.5 cm³/mol. The van der Waals surface area contributed by atoms with Crippen molar-refractivity contribution in [2.75, 3.05) is 6.54 Å². The van der Waals surface area contributed by atoms with Crippen molar-refractivity contribution in [2.24, 2.45) is 0 Å². The van der Waals surface area contributed by atoms with Crippen LogP contribution in [0.5, 0.6) is 5.88 Å². The Morgan fingerprint density at radius 2 is 2.33 bits per heavy atom. The molecule has 2 atom stereocenters. The summed E-state index contributed by atoms with van der Waals surface area (Å²) in [6.45, 7) is 5.07. The summed E-state index contributed by atoms with van der Waals surface area (Å²) in [6, 6.07) is 4.31. The third-order valence-electron chi connectivity index (χ3n) is 4.84. The number of nitrogens with zero attached hydrogens (tertiary/aromatic N) is 4. The summed E-state index contributed by atoms with van der Waals surface area (Å²) in [5, 5.41) is 15.1. The maximum atomic E-state index is 10.8. The lowest BCUT2D eigenvalue weighted by atomic mass is 9.96. The van der Waals surface area contributed by atoms with E-state index in [2.05, 4.69) is 21.9 Å². The van der Waals surface area contributed by atoms with Gasteiger partial charge in [0.1, 0.15) is 17.6 Å². The fourth-order valence-electron chi connectivity index (χ4n) is 3.72. The molecule has 128 valence electrons. The number of hydrogen-bond donors (Lipinski definition) is 1. The fraction of sp³-hybridized carbons (Fsp3) is 0.529. The van der Waals surface area contributed by atoms with Gasteiger partial charge in [0.15, 0.2) is 0 Å². The van der Waals surface area contributed by atoms with Crippen LogP contribution < -0.4 is 0 Å². The van der Waals surface area contributed by atoms with E-state index in [4.69, 9.17) is 4.42 Å². The second-order valence-corrected chi connectivity index (χ2v) is 7.37. The molecule has 3 aromatic rings. The van der Waals surface area contributed by atoms with E-state index < -0.39 is 0 Å². The monoisotopic (exact) mass is 346 g/mol. The molecule has 7 heteroatoms. The summed E-state index contributed by atoms with van der Waals surface area (Å²) < 4.78 is 7.29. The van der Waals surface area contributed by atoms with Gasteiger partial charge in [-0.25, -0.2) is 4.98 Å². The summed E-state index contributed by atoms with van der Waals surface area (Å²) in [5.74, 6) is 1.71. The first-order chi connectivity index (χ1) is 11.7. The van der Waals surface area contributed by atoms with Crippen molar-refractivity contribution >= 4 is 16.3 Å². The zero-order valence-corrected chi connectivity index (χ0v) is 14.8. The quantitative estimate of drug-likeness (QED) is 0.779. The maximum Gasteiger partial charge on any atom is 0.230 e. The third-order valence-corrected chi connectivity index (χ3v) is 5.91. The summed E-state index contributed by atoms with van der Waals surface area (Å²) in [6.07, 6.45) is 6.42. The standard InChI is InChI=1S/C17H22N4O2S/c1-3-12-7-4-5-9-20(12)14(13-8-6-10-23-13)15-16(22)21-17(24-15)18-11(2)19-21/h6,8,10,12,14,22H,3-5,7,9H2,1-2H3. The highest BCUT2D eigenvalue weighted by atomic mass is 32.1. The lowest BCUT2D eigenvalue weighted by molar-refractivity contribution is 0.0989. The van der Waals surface area contributed by atoms with E-state index in [1.165, 1.54) is 35.1 Å². The molecule has 6 nitrogen and oxygen atoms in total. The Labute approximate surface area is 144 Å². The van der Waals surface area contributed by atoms with Crippen molar-refractivity contribution < 1.29 is 9.52 Å². The van der Waals surface area contributed by atoms with E-state index in [-0.39, 0.29) is 11.9 Å². The first kappa shape index (κ1) is 15.7. The Morgan fingerprint density at radius 1 is 1.46 bits per heavy atom. The van der Waals surface area contributed by atoms with Crippen molar-refractivity contribution in [3.05, 3.63) is 34.9 Å². The molecule has 1 aliphatic heterocycles. The molecule has 3 aromatic heterocycles. The molecule has 1 N–H and O–H groups in total. The van der Waals surface area contributed by atoms with Crippen LogP contribution >= 0.6 is 11.3 Å². The number of piperidine rings is 1. The summed E-state index contributed by atoms with van der Waals surface area (Å²) in [4.78, 5) is 8.46. The van der Waals surface area contributed by atoms with E-state index in [0.717, 1.165) is 28.6 Å². The molecule has 0 saturated carbocycles. The number of furan rings is 1. The zero-order valence-electron chi connectivity index (χ0n) is 14.0. The van der Waals surface area contributed by atoms with E-state index in [0.29, 0.717) is 11.9 Å². The molecular weight excluding hydrogens is 324 g/mol. The number of hydrogen-bond acceptors (Lipinski definition) is 6. The first-order valence-electron chi connectivity index (χ1n) is 8.53. The molecule has 1 aliphatic rings. The number of thiazole rings is 1. The lowest BCUT2D eigenvalue weighted by Gasteiger charge is -2.39. The third kappa shape index (κ3) is 2.52. The molecule has 0 aromatic carbocycles. The Hall–Kier alpha value is -1.86. The second kappa shape index (κ2) is 6.22. The molecule has 24 heavy (non-hydrogen) atoms. The Morgan fingerprint density at radius 3 is 3.04 bits per heavy atom. The Bertz CT molecular complexity index is 823. The number of aromatic hydroxyl groups is 1. The molecule has 0 aliphatic carbocycles. The number of likely N-dealkylation sites (tertiary alicyclic amines) is 1. The van der Waals surface area contributed by atoms with Crippen LogP contribution in [0.15, 0.2) is 22.8 Å². The van der Waals surface area contributed by atoms with E-state index in [9.17, 15) is 5.11 Å². The lowest BCUT2D eigenvalue weighted by Crippen LogP contribution is -2.41. The van der Waals surface area contributed by atoms with Gasteiger partial charge in [0.25, 0.3) is 0 Å². The van der Waals surface area contributed by atoms with Gasteiger partial charge in [-0.05, 0) is 44.9 Å². The molecular formula is C17H22N4O2S. The van der Waals surface area contributed by atoms with Crippen LogP contribution in [0.2, 0.25) is 0 Å². The number of aromatic nitrogens is 3. The van der Waals surface area contributed by atoms with Crippen LogP contribution in [0, 0.1) is 6.92 Å². The van der Waals surface area contributed by atoms with Crippen molar-refractivity contribution in [2.45, 2.75) is 51.6 Å². The fourth-order valence-corrected chi connectivity index (χ4v) is 4.85. The van der Waals surface area contributed by atoms with Crippen LogP contribution in [0.3, 0.4) is 0 Å². The molecule has 4 heterocycles. The van der Waals surface area contributed by atoms with Gasteiger partial charge in [0.05, 0.1) is 11.1 Å². The van der Waals surface area contributed by atoms with Gasteiger partial charge in [-0.3, -0.25) is 4.90 Å². The number of fused-ring (bicyclic) bond motifs is 1. The molecule has 1 saturated heterocycles. The van der Waals surface area contributed by atoms with Gasteiger partial charge < -0.3 is 9.52 Å². The van der Waals surface area contributed by atoms with E-state index in [1.807, 2.05) is 19.1 Å². The van der Waals surface area contributed by atoms with E-state index in [1.54, 1.807) is 6.26 Å². The molecule has 0 radical (unpaired) electrons. The minimum Gasteiger partial charge on any atom is -0.492 e. The predicted octanol–water partition coefficient (Wildman–Crippen LogP) is 3.75. The molecule has 2 unspecified atom stereocenters. The Balaban J connectivity index is 1.82. The summed E-state index contributed by atoms with van der Waals surface area (Å²) in [7, 11) is 0.